The first-order chi connectivity index (χ1) is 10.2. The number of nitrogens with zero attached hydrogens (tertiary/aromatic N) is 1. The van der Waals surface area contributed by atoms with Gasteiger partial charge in [0.2, 0.25) is 0 Å². The maximum Gasteiger partial charge on any atom is 0.344 e. The Bertz CT molecular complexity index is 606. The fourth-order valence-corrected chi connectivity index (χ4v) is 1.77. The van der Waals surface area contributed by atoms with Crippen LogP contribution in [-0.2, 0) is 4.79 Å². The molecule has 0 aliphatic heterocycles. The summed E-state index contributed by atoms with van der Waals surface area (Å²) in [5.74, 6) is -0.409. The van der Waals surface area contributed by atoms with Gasteiger partial charge in [-0.3, -0.25) is 4.99 Å². The third-order valence-electron chi connectivity index (χ3n) is 2.92. The first-order valence-electron chi connectivity index (χ1n) is 6.77. The van der Waals surface area contributed by atoms with Gasteiger partial charge in [0.1, 0.15) is 5.75 Å². The van der Waals surface area contributed by atoms with Gasteiger partial charge in [-0.1, -0.05) is 25.1 Å². The topological polar surface area (TPSA) is 58.9 Å². The van der Waals surface area contributed by atoms with E-state index in [1.54, 1.807) is 25.3 Å². The summed E-state index contributed by atoms with van der Waals surface area (Å²) in [6, 6.07) is 16.8. The molecule has 21 heavy (non-hydrogen) atoms. The highest BCUT2D eigenvalue weighted by Gasteiger charge is 2.16. The molecule has 0 radical (unpaired) electrons. The van der Waals surface area contributed by atoms with Gasteiger partial charge in [-0.2, -0.15) is 0 Å². The van der Waals surface area contributed by atoms with E-state index in [1.165, 1.54) is 0 Å². The standard InChI is InChI=1S/C17H17NO3/c1-2-16(17(19)20)21-15-10-8-13(9-11-15)12-18-14-6-4-3-5-7-14/h3-12,16H,2H2,1H3,(H,19,20)/b18-12+. The second-order valence-electron chi connectivity index (χ2n) is 4.52. The zero-order chi connectivity index (χ0) is 15.1. The molecule has 0 fully saturated rings. The summed E-state index contributed by atoms with van der Waals surface area (Å²) < 4.78 is 5.40. The summed E-state index contributed by atoms with van der Waals surface area (Å²) in [6.07, 6.45) is 1.37. The molecule has 0 aliphatic carbocycles. The number of hydrogen-bond donors (Lipinski definition) is 1. The lowest BCUT2D eigenvalue weighted by molar-refractivity contribution is -0.145. The molecular weight excluding hydrogens is 266 g/mol. The average molecular weight is 283 g/mol. The lowest BCUT2D eigenvalue weighted by Crippen LogP contribution is -2.25. The molecule has 0 heterocycles. The fraction of sp³-hybridized carbons (Fsp3) is 0.176. The molecule has 1 atom stereocenters. The molecule has 2 aromatic carbocycles. The van der Waals surface area contributed by atoms with Crippen molar-refractivity contribution in [3.63, 3.8) is 0 Å². The Morgan fingerprint density at radius 1 is 1.19 bits per heavy atom. The van der Waals surface area contributed by atoms with Gasteiger partial charge in [0.25, 0.3) is 0 Å². The lowest BCUT2D eigenvalue weighted by atomic mass is 10.2. The van der Waals surface area contributed by atoms with Crippen LogP contribution in [0.1, 0.15) is 18.9 Å². The Hall–Kier alpha value is -2.62. The van der Waals surface area contributed by atoms with E-state index in [0.29, 0.717) is 12.2 Å². The Kier molecular flexibility index (Phi) is 5.10. The molecule has 0 saturated carbocycles. The van der Waals surface area contributed by atoms with E-state index in [2.05, 4.69) is 4.99 Å². The predicted molar refractivity (Wildman–Crippen MR) is 82.5 cm³/mol. The van der Waals surface area contributed by atoms with Crippen molar-refractivity contribution in [2.24, 2.45) is 4.99 Å². The summed E-state index contributed by atoms with van der Waals surface area (Å²) in [5.41, 5.74) is 1.81. The van der Waals surface area contributed by atoms with Crippen LogP contribution in [0, 0.1) is 0 Å². The van der Waals surface area contributed by atoms with Crippen LogP contribution in [0.25, 0.3) is 0 Å². The molecule has 0 spiro atoms. The second kappa shape index (κ2) is 7.24. The van der Waals surface area contributed by atoms with E-state index < -0.39 is 12.1 Å². The average Bonchev–Trinajstić information content (AvgIpc) is 2.52. The third-order valence-corrected chi connectivity index (χ3v) is 2.92. The first kappa shape index (κ1) is 14.8. The highest BCUT2D eigenvalue weighted by Crippen LogP contribution is 2.15. The molecule has 4 nitrogen and oxygen atoms in total. The number of carboxylic acids is 1. The number of ether oxygens (including phenoxy) is 1. The number of aliphatic imine (C=N–C) groups is 1. The molecular formula is C17H17NO3. The van der Waals surface area contributed by atoms with Crippen LogP contribution in [0.5, 0.6) is 5.75 Å². The third kappa shape index (κ3) is 4.45. The molecule has 0 bridgehead atoms. The highest BCUT2D eigenvalue weighted by atomic mass is 16.5. The van der Waals surface area contributed by atoms with Gasteiger partial charge in [-0.25, -0.2) is 4.79 Å². The predicted octanol–water partition coefficient (Wildman–Crippen LogP) is 3.68. The number of aliphatic carboxylic acids is 1. The zero-order valence-electron chi connectivity index (χ0n) is 11.8. The molecule has 108 valence electrons. The molecule has 2 rings (SSSR count). The van der Waals surface area contributed by atoms with Crippen LogP contribution in [0.4, 0.5) is 5.69 Å². The first-order valence-corrected chi connectivity index (χ1v) is 6.77. The molecule has 0 aromatic heterocycles. The van der Waals surface area contributed by atoms with Crippen LogP contribution in [-0.4, -0.2) is 23.4 Å². The SMILES string of the molecule is CCC(Oc1ccc(/C=N/c2ccccc2)cc1)C(=O)O. The van der Waals surface area contributed by atoms with Gasteiger partial charge in [-0.05, 0) is 48.4 Å². The molecule has 0 saturated heterocycles. The Morgan fingerprint density at radius 2 is 1.86 bits per heavy atom. The van der Waals surface area contributed by atoms with E-state index in [9.17, 15) is 4.79 Å². The van der Waals surface area contributed by atoms with E-state index in [-0.39, 0.29) is 0 Å². The summed E-state index contributed by atoms with van der Waals surface area (Å²) >= 11 is 0. The molecule has 1 N–H and O–H groups in total. The summed E-state index contributed by atoms with van der Waals surface area (Å²) in [7, 11) is 0. The summed E-state index contributed by atoms with van der Waals surface area (Å²) in [5, 5.41) is 8.95. The number of benzene rings is 2. The van der Waals surface area contributed by atoms with Crippen molar-refractivity contribution in [3.8, 4) is 5.75 Å². The molecule has 0 aliphatic rings. The van der Waals surface area contributed by atoms with Crippen LogP contribution >= 0.6 is 0 Å². The van der Waals surface area contributed by atoms with Gasteiger partial charge in [-0.15, -0.1) is 0 Å². The molecule has 2 aromatic rings. The maximum atomic E-state index is 10.9. The minimum atomic E-state index is -0.952. The Balaban J connectivity index is 2.02. The summed E-state index contributed by atoms with van der Waals surface area (Å²) in [4.78, 5) is 15.3. The molecule has 1 unspecified atom stereocenters. The largest absolute Gasteiger partial charge is 0.479 e. The van der Waals surface area contributed by atoms with E-state index in [1.807, 2.05) is 42.5 Å². The quantitative estimate of drug-likeness (QED) is 0.823. The van der Waals surface area contributed by atoms with Gasteiger partial charge < -0.3 is 9.84 Å². The van der Waals surface area contributed by atoms with Crippen molar-refractivity contribution in [2.45, 2.75) is 19.4 Å². The minimum Gasteiger partial charge on any atom is -0.479 e. The number of hydrogen-bond acceptors (Lipinski definition) is 3. The van der Waals surface area contributed by atoms with Gasteiger partial charge in [0, 0.05) is 6.21 Å². The minimum absolute atomic E-state index is 0.423. The number of rotatable bonds is 6. The van der Waals surface area contributed by atoms with Crippen molar-refractivity contribution in [3.05, 3.63) is 60.2 Å². The Labute approximate surface area is 123 Å². The van der Waals surface area contributed by atoms with E-state index in [4.69, 9.17) is 9.84 Å². The number of carboxylic acid groups (broad SMARTS) is 1. The van der Waals surface area contributed by atoms with Crippen molar-refractivity contribution in [2.75, 3.05) is 0 Å². The van der Waals surface area contributed by atoms with E-state index >= 15 is 0 Å². The Morgan fingerprint density at radius 3 is 2.43 bits per heavy atom. The van der Waals surface area contributed by atoms with Crippen LogP contribution < -0.4 is 4.74 Å². The van der Waals surface area contributed by atoms with Crippen molar-refractivity contribution < 1.29 is 14.6 Å². The monoisotopic (exact) mass is 283 g/mol. The second-order valence-corrected chi connectivity index (χ2v) is 4.52. The van der Waals surface area contributed by atoms with E-state index in [0.717, 1.165) is 11.3 Å². The van der Waals surface area contributed by atoms with Gasteiger partial charge in [0.15, 0.2) is 6.10 Å². The van der Waals surface area contributed by atoms with Crippen molar-refractivity contribution >= 4 is 17.9 Å². The highest BCUT2D eigenvalue weighted by molar-refractivity contribution is 5.82. The smallest absolute Gasteiger partial charge is 0.344 e. The molecule has 0 amide bonds. The number of para-hydroxylation sites is 1. The van der Waals surface area contributed by atoms with Gasteiger partial charge >= 0.3 is 5.97 Å². The fourth-order valence-electron chi connectivity index (χ4n) is 1.77. The molecule has 4 heteroatoms. The van der Waals surface area contributed by atoms with Crippen LogP contribution in [0.2, 0.25) is 0 Å². The lowest BCUT2D eigenvalue weighted by Gasteiger charge is -2.12. The van der Waals surface area contributed by atoms with Crippen molar-refractivity contribution in [1.29, 1.82) is 0 Å². The maximum absolute atomic E-state index is 10.9. The van der Waals surface area contributed by atoms with Gasteiger partial charge in [0.05, 0.1) is 5.69 Å². The zero-order valence-corrected chi connectivity index (χ0v) is 11.8. The van der Waals surface area contributed by atoms with Crippen LogP contribution in [0.15, 0.2) is 59.6 Å². The summed E-state index contributed by atoms with van der Waals surface area (Å²) in [6.45, 7) is 1.78. The van der Waals surface area contributed by atoms with Crippen molar-refractivity contribution in [1.82, 2.24) is 0 Å². The number of carbonyl (C=O) groups is 1. The van der Waals surface area contributed by atoms with Crippen LogP contribution in [0.3, 0.4) is 0 Å². The normalized spacial score (nSPS) is 12.2.